The first-order valence-electron chi connectivity index (χ1n) is 4.11. The fourth-order valence-corrected chi connectivity index (χ4v) is 0.420. The van der Waals surface area contributed by atoms with Crippen molar-refractivity contribution < 1.29 is 5.11 Å². The number of benzene rings is 1. The Morgan fingerprint density at radius 3 is 1.33 bits per heavy atom. The van der Waals surface area contributed by atoms with Gasteiger partial charge in [0.15, 0.2) is 0 Å². The number of hydrogen-bond donors (Lipinski definition) is 0. The fraction of sp³-hybridized carbons (Fsp3) is 0.364. The van der Waals surface area contributed by atoms with Crippen molar-refractivity contribution in [3.8, 4) is 5.75 Å². The predicted molar refractivity (Wildman–Crippen MR) is 55.0 cm³/mol. The third-order valence-corrected chi connectivity index (χ3v) is 0.743. The molecule has 0 saturated carbocycles. The molecular formula is C11H20O. The molecule has 0 radical (unpaired) electrons. The largest absolute Gasteiger partial charge is 0.872 e. The zero-order valence-corrected chi connectivity index (χ0v) is 8.79. The normalized spacial score (nSPS) is 6.00. The second-order valence-electron chi connectivity index (χ2n) is 1.31. The number of hydrogen-bond acceptors (Lipinski definition) is 1. The first-order chi connectivity index (χ1) is 5.39. The highest BCUT2D eigenvalue weighted by molar-refractivity contribution is 5.17. The van der Waals surface area contributed by atoms with Crippen molar-refractivity contribution in [1.29, 1.82) is 0 Å². The van der Waals surface area contributed by atoms with E-state index in [0.717, 1.165) is 0 Å². The van der Waals surface area contributed by atoms with E-state index in [2.05, 4.69) is 0 Å². The van der Waals surface area contributed by atoms with Gasteiger partial charge in [-0.1, -0.05) is 58.0 Å². The summed E-state index contributed by atoms with van der Waals surface area (Å²) in [5.41, 5.74) is 0. The van der Waals surface area contributed by atoms with Crippen molar-refractivity contribution in [3.63, 3.8) is 0 Å². The molecule has 1 heteroatoms. The Balaban J connectivity index is -0.000000144. The summed E-state index contributed by atoms with van der Waals surface area (Å²) in [7, 11) is 0. The minimum atomic E-state index is 0. The third-order valence-electron chi connectivity index (χ3n) is 0.743. The van der Waals surface area contributed by atoms with Gasteiger partial charge in [-0.25, -0.2) is 0 Å². The summed E-state index contributed by atoms with van der Waals surface area (Å²) in [4.78, 5) is 0. The molecule has 12 heavy (non-hydrogen) atoms. The summed E-state index contributed by atoms with van der Waals surface area (Å²) in [5.74, 6) is 0.0718. The Bertz CT molecular complexity index is 135. The van der Waals surface area contributed by atoms with Crippen molar-refractivity contribution in [1.82, 2.24) is 0 Å². The zero-order valence-electron chi connectivity index (χ0n) is 8.79. The highest BCUT2D eigenvalue weighted by Gasteiger charge is 1.64. The van der Waals surface area contributed by atoms with Gasteiger partial charge in [-0.2, -0.15) is 0 Å². The molecule has 0 fully saturated rings. The molecule has 0 N–H and O–H groups in total. The molecular weight excluding hydrogens is 148 g/mol. The maximum Gasteiger partial charge on any atom is 0.0467 e. The molecule has 0 atom stereocenters. The van der Waals surface area contributed by atoms with Crippen LogP contribution in [0.15, 0.2) is 30.3 Å². The van der Waals surface area contributed by atoms with Gasteiger partial charge in [0.05, 0.1) is 0 Å². The number of para-hydroxylation sites is 1. The maximum atomic E-state index is 10.3. The lowest BCUT2D eigenvalue weighted by Crippen LogP contribution is -1.85. The molecule has 0 aliphatic carbocycles. The fourth-order valence-electron chi connectivity index (χ4n) is 0.420. The van der Waals surface area contributed by atoms with Crippen LogP contribution < -0.4 is 5.11 Å². The standard InChI is InChI=1S/C6H6O.2C2H6.CH3/c7-6-4-2-1-3-5-6;2*1-2;/h1-5,7H;2*1-2H3;1H3/q;;;+1/p-1. The molecule has 0 bridgehead atoms. The summed E-state index contributed by atoms with van der Waals surface area (Å²) < 4.78 is 0. The summed E-state index contributed by atoms with van der Waals surface area (Å²) >= 11 is 0. The number of rotatable bonds is 0. The van der Waals surface area contributed by atoms with E-state index in [1.165, 1.54) is 12.1 Å². The van der Waals surface area contributed by atoms with E-state index in [9.17, 15) is 5.11 Å². The topological polar surface area (TPSA) is 23.1 Å². The third kappa shape index (κ3) is 11.7. The lowest BCUT2D eigenvalue weighted by molar-refractivity contribution is -0.268. The second kappa shape index (κ2) is 16.5. The van der Waals surface area contributed by atoms with Crippen molar-refractivity contribution in [2.24, 2.45) is 0 Å². The van der Waals surface area contributed by atoms with E-state index in [1.54, 1.807) is 12.1 Å². The van der Waals surface area contributed by atoms with Gasteiger partial charge >= 0.3 is 0 Å². The lowest BCUT2D eigenvalue weighted by Gasteiger charge is -1.98. The van der Waals surface area contributed by atoms with E-state index in [1.807, 2.05) is 33.8 Å². The van der Waals surface area contributed by atoms with Crippen LogP contribution in [0, 0.1) is 7.43 Å². The van der Waals surface area contributed by atoms with Crippen LogP contribution in [0.5, 0.6) is 5.75 Å². The van der Waals surface area contributed by atoms with Crippen molar-refractivity contribution in [2.45, 2.75) is 27.7 Å². The van der Waals surface area contributed by atoms with Crippen LogP contribution in [0.1, 0.15) is 27.7 Å². The minimum Gasteiger partial charge on any atom is -0.872 e. The van der Waals surface area contributed by atoms with E-state index < -0.39 is 0 Å². The summed E-state index contributed by atoms with van der Waals surface area (Å²) in [6, 6.07) is 8.33. The monoisotopic (exact) mass is 168 g/mol. The second-order valence-corrected chi connectivity index (χ2v) is 1.31. The highest BCUT2D eigenvalue weighted by atomic mass is 16.3. The van der Waals surface area contributed by atoms with Crippen LogP contribution in [0.4, 0.5) is 0 Å². The summed E-state index contributed by atoms with van der Waals surface area (Å²) in [6.45, 7) is 8.00. The van der Waals surface area contributed by atoms with E-state index in [0.29, 0.717) is 0 Å². The summed E-state index contributed by atoms with van der Waals surface area (Å²) in [6.07, 6.45) is 0. The quantitative estimate of drug-likeness (QED) is 0.545. The van der Waals surface area contributed by atoms with Gasteiger partial charge in [0.25, 0.3) is 0 Å². The molecule has 0 aromatic heterocycles. The molecule has 0 unspecified atom stereocenters. The minimum absolute atomic E-state index is 0. The smallest absolute Gasteiger partial charge is 0.0467 e. The first kappa shape index (κ1) is 17.1. The van der Waals surface area contributed by atoms with E-state index in [-0.39, 0.29) is 13.2 Å². The molecule has 0 aliphatic rings. The van der Waals surface area contributed by atoms with Crippen molar-refractivity contribution >= 4 is 0 Å². The van der Waals surface area contributed by atoms with Crippen LogP contribution in [0.2, 0.25) is 0 Å². The first-order valence-corrected chi connectivity index (χ1v) is 4.11. The maximum absolute atomic E-state index is 10.3. The van der Waals surface area contributed by atoms with Crippen LogP contribution in [-0.2, 0) is 0 Å². The Kier molecular flexibility index (Phi) is 23.5. The molecule has 0 amide bonds. The average molecular weight is 168 g/mol. The van der Waals surface area contributed by atoms with Gasteiger partial charge in [-0.15, -0.1) is 5.75 Å². The Morgan fingerprint density at radius 1 is 0.833 bits per heavy atom. The van der Waals surface area contributed by atoms with Gasteiger partial charge in [0, 0.05) is 7.43 Å². The zero-order chi connectivity index (χ0) is 9.11. The average Bonchev–Trinajstić information content (AvgIpc) is 2.13. The Morgan fingerprint density at radius 2 is 1.17 bits per heavy atom. The Hall–Kier alpha value is -1.11. The molecule has 0 heterocycles. The molecule has 0 aliphatic heterocycles. The molecule has 70 valence electrons. The molecule has 0 spiro atoms. The van der Waals surface area contributed by atoms with Crippen molar-refractivity contribution in [2.75, 3.05) is 0 Å². The molecule has 1 nitrogen and oxygen atoms in total. The van der Waals surface area contributed by atoms with Crippen LogP contribution >= 0.6 is 0 Å². The van der Waals surface area contributed by atoms with E-state index in [4.69, 9.17) is 0 Å². The lowest BCUT2D eigenvalue weighted by atomic mass is 10.3. The highest BCUT2D eigenvalue weighted by Crippen LogP contribution is 1.98. The van der Waals surface area contributed by atoms with Crippen molar-refractivity contribution in [3.05, 3.63) is 37.8 Å². The Labute approximate surface area is 77.1 Å². The molecule has 1 aromatic rings. The van der Waals surface area contributed by atoms with Crippen LogP contribution in [-0.4, -0.2) is 0 Å². The van der Waals surface area contributed by atoms with Gasteiger partial charge in [-0.05, 0) is 0 Å². The predicted octanol–water partition coefficient (Wildman–Crippen LogP) is 3.26. The molecule has 1 rings (SSSR count). The molecule has 0 saturated heterocycles. The van der Waals surface area contributed by atoms with Gasteiger partial charge in [0.2, 0.25) is 0 Å². The van der Waals surface area contributed by atoms with E-state index >= 15 is 0 Å². The van der Waals surface area contributed by atoms with Gasteiger partial charge in [0.1, 0.15) is 0 Å². The SMILES string of the molecule is CC.CC.[CH3+].[O-]c1ccccc1. The van der Waals surface area contributed by atoms with Crippen LogP contribution in [0.3, 0.4) is 0 Å². The van der Waals surface area contributed by atoms with Gasteiger partial charge in [-0.3, -0.25) is 0 Å². The molecule has 1 aromatic carbocycles. The summed E-state index contributed by atoms with van der Waals surface area (Å²) in [5, 5.41) is 10.3. The van der Waals surface area contributed by atoms with Gasteiger partial charge < -0.3 is 5.11 Å². The van der Waals surface area contributed by atoms with Crippen LogP contribution in [0.25, 0.3) is 0 Å².